The van der Waals surface area contributed by atoms with E-state index in [1.165, 1.54) is 0 Å². The predicted octanol–water partition coefficient (Wildman–Crippen LogP) is 0.718. The Morgan fingerprint density at radius 3 is 3.19 bits per heavy atom. The number of carbonyl (C=O) groups excluding carboxylic acids is 1. The Bertz CT molecular complexity index is 472. The van der Waals surface area contributed by atoms with Gasteiger partial charge in [-0.3, -0.25) is 4.79 Å². The first-order valence-electron chi connectivity index (χ1n) is 5.05. The summed E-state index contributed by atoms with van der Waals surface area (Å²) in [5, 5.41) is 2.73. The van der Waals surface area contributed by atoms with Crippen LogP contribution in [0.3, 0.4) is 0 Å². The molecule has 16 heavy (non-hydrogen) atoms. The van der Waals surface area contributed by atoms with Crippen LogP contribution in [-0.4, -0.2) is 19.1 Å². The lowest BCUT2D eigenvalue weighted by Crippen LogP contribution is -2.25. The molecule has 0 atom stereocenters. The molecule has 0 spiro atoms. The van der Waals surface area contributed by atoms with Gasteiger partial charge in [-0.2, -0.15) is 0 Å². The maximum absolute atomic E-state index is 11.1. The van der Waals surface area contributed by atoms with E-state index >= 15 is 0 Å². The number of benzene rings is 1. The molecule has 0 unspecified atom stereocenters. The van der Waals surface area contributed by atoms with Gasteiger partial charge < -0.3 is 15.8 Å². The molecule has 0 fully saturated rings. The fraction of sp³-hybridized carbons (Fsp3) is 0.250. The third kappa shape index (κ3) is 2.33. The second-order valence-corrected chi connectivity index (χ2v) is 3.39. The lowest BCUT2D eigenvalue weighted by molar-refractivity contribution is -0.118. The highest BCUT2D eigenvalue weighted by Gasteiger charge is 2.15. The number of nitrogens with two attached hydrogens (primary N) is 1. The molecule has 3 N–H and O–H groups in total. The Morgan fingerprint density at radius 2 is 2.38 bits per heavy atom. The van der Waals surface area contributed by atoms with Crippen LogP contribution in [0.25, 0.3) is 0 Å². The quantitative estimate of drug-likeness (QED) is 0.680. The molecule has 0 radical (unpaired) electrons. The molecule has 0 bridgehead atoms. The van der Waals surface area contributed by atoms with Crippen molar-refractivity contribution >= 4 is 11.6 Å². The smallest absolute Gasteiger partial charge is 0.262 e. The van der Waals surface area contributed by atoms with Crippen LogP contribution in [0.5, 0.6) is 5.75 Å². The van der Waals surface area contributed by atoms with Gasteiger partial charge in [0.2, 0.25) is 0 Å². The molecule has 1 aliphatic rings. The first kappa shape index (κ1) is 10.5. The van der Waals surface area contributed by atoms with Crippen molar-refractivity contribution in [3.8, 4) is 17.6 Å². The van der Waals surface area contributed by atoms with Crippen molar-refractivity contribution in [2.75, 3.05) is 18.5 Å². The van der Waals surface area contributed by atoms with Gasteiger partial charge in [0.05, 0.1) is 5.69 Å². The lowest BCUT2D eigenvalue weighted by Gasteiger charge is -2.17. The molecular formula is C12H12N2O2. The Kier molecular flexibility index (Phi) is 3.08. The van der Waals surface area contributed by atoms with Gasteiger partial charge in [-0.15, -0.1) is 0 Å². The summed E-state index contributed by atoms with van der Waals surface area (Å²) in [6.45, 7) is 0.628. The fourth-order valence-electron chi connectivity index (χ4n) is 1.40. The highest BCUT2D eigenvalue weighted by Crippen LogP contribution is 2.27. The van der Waals surface area contributed by atoms with Crippen LogP contribution in [-0.2, 0) is 4.79 Å². The SMILES string of the molecule is NCCC#Cc1ccc2c(c1)NC(=O)CO2. The van der Waals surface area contributed by atoms with Crippen molar-refractivity contribution in [3.63, 3.8) is 0 Å². The average Bonchev–Trinajstić information content (AvgIpc) is 2.29. The molecule has 82 valence electrons. The van der Waals surface area contributed by atoms with Gasteiger partial charge in [0.25, 0.3) is 5.91 Å². The van der Waals surface area contributed by atoms with E-state index in [1.807, 2.05) is 6.07 Å². The van der Waals surface area contributed by atoms with Gasteiger partial charge in [-0.05, 0) is 18.2 Å². The number of fused-ring (bicyclic) bond motifs is 1. The van der Waals surface area contributed by atoms with Crippen LogP contribution in [0.4, 0.5) is 5.69 Å². The second kappa shape index (κ2) is 4.69. The molecule has 0 saturated heterocycles. The van der Waals surface area contributed by atoms with E-state index in [2.05, 4.69) is 17.2 Å². The summed E-state index contributed by atoms with van der Waals surface area (Å²) < 4.78 is 5.24. The minimum atomic E-state index is -0.139. The van der Waals surface area contributed by atoms with Gasteiger partial charge in [-0.25, -0.2) is 0 Å². The Balaban J connectivity index is 2.22. The summed E-state index contributed by atoms with van der Waals surface area (Å²) in [7, 11) is 0. The minimum Gasteiger partial charge on any atom is -0.482 e. The number of anilines is 1. The molecule has 1 aromatic rings. The molecule has 0 aromatic heterocycles. The number of rotatable bonds is 1. The zero-order valence-electron chi connectivity index (χ0n) is 8.75. The molecule has 0 saturated carbocycles. The number of carbonyl (C=O) groups is 1. The molecule has 1 aliphatic heterocycles. The lowest BCUT2D eigenvalue weighted by atomic mass is 10.1. The summed E-state index contributed by atoms with van der Waals surface area (Å²) in [4.78, 5) is 11.1. The van der Waals surface area contributed by atoms with Crippen molar-refractivity contribution in [3.05, 3.63) is 23.8 Å². The zero-order valence-corrected chi connectivity index (χ0v) is 8.75. The van der Waals surface area contributed by atoms with E-state index in [-0.39, 0.29) is 12.5 Å². The number of nitrogens with one attached hydrogen (secondary N) is 1. The van der Waals surface area contributed by atoms with Crippen LogP contribution < -0.4 is 15.8 Å². The van der Waals surface area contributed by atoms with Crippen molar-refractivity contribution in [2.45, 2.75) is 6.42 Å². The number of ether oxygens (including phenoxy) is 1. The summed E-state index contributed by atoms with van der Waals surface area (Å²) in [6.07, 6.45) is 0.667. The standard InChI is InChI=1S/C12H12N2O2/c13-6-2-1-3-9-4-5-11-10(7-9)14-12(15)8-16-11/h4-5,7H,2,6,8,13H2,(H,14,15). The van der Waals surface area contributed by atoms with Crippen molar-refractivity contribution < 1.29 is 9.53 Å². The maximum Gasteiger partial charge on any atom is 0.262 e. The first-order chi connectivity index (χ1) is 7.79. The van der Waals surface area contributed by atoms with Gasteiger partial charge in [-0.1, -0.05) is 11.8 Å². The number of hydrogen-bond donors (Lipinski definition) is 2. The fourth-order valence-corrected chi connectivity index (χ4v) is 1.40. The van der Waals surface area contributed by atoms with Crippen molar-refractivity contribution in [1.29, 1.82) is 0 Å². The van der Waals surface area contributed by atoms with Crippen LogP contribution >= 0.6 is 0 Å². The molecule has 4 nitrogen and oxygen atoms in total. The molecule has 1 aromatic carbocycles. The van der Waals surface area contributed by atoms with E-state index in [1.54, 1.807) is 12.1 Å². The van der Waals surface area contributed by atoms with E-state index < -0.39 is 0 Å². The Labute approximate surface area is 93.8 Å². The molecular weight excluding hydrogens is 204 g/mol. The van der Waals surface area contributed by atoms with E-state index in [4.69, 9.17) is 10.5 Å². The average molecular weight is 216 g/mol. The number of amides is 1. The third-order valence-corrected chi connectivity index (χ3v) is 2.11. The normalized spacial score (nSPS) is 12.9. The largest absolute Gasteiger partial charge is 0.482 e. The predicted molar refractivity (Wildman–Crippen MR) is 61.1 cm³/mol. The summed E-state index contributed by atoms with van der Waals surface area (Å²) >= 11 is 0. The summed E-state index contributed by atoms with van der Waals surface area (Å²) in [6, 6.07) is 5.47. The molecule has 4 heteroatoms. The van der Waals surface area contributed by atoms with E-state index in [0.717, 1.165) is 5.56 Å². The Morgan fingerprint density at radius 1 is 1.50 bits per heavy atom. The molecule has 0 aliphatic carbocycles. The van der Waals surface area contributed by atoms with Crippen molar-refractivity contribution in [2.24, 2.45) is 5.73 Å². The molecule has 2 rings (SSSR count). The van der Waals surface area contributed by atoms with Crippen LogP contribution in [0.1, 0.15) is 12.0 Å². The Hall–Kier alpha value is -1.99. The third-order valence-electron chi connectivity index (χ3n) is 2.11. The topological polar surface area (TPSA) is 64.3 Å². The molecule has 1 heterocycles. The van der Waals surface area contributed by atoms with Gasteiger partial charge in [0.1, 0.15) is 5.75 Å². The van der Waals surface area contributed by atoms with Crippen LogP contribution in [0.2, 0.25) is 0 Å². The van der Waals surface area contributed by atoms with Gasteiger partial charge in [0, 0.05) is 18.5 Å². The second-order valence-electron chi connectivity index (χ2n) is 3.39. The van der Waals surface area contributed by atoms with Crippen LogP contribution in [0.15, 0.2) is 18.2 Å². The van der Waals surface area contributed by atoms with Crippen molar-refractivity contribution in [1.82, 2.24) is 0 Å². The van der Waals surface area contributed by atoms with E-state index in [0.29, 0.717) is 24.4 Å². The first-order valence-corrected chi connectivity index (χ1v) is 5.05. The monoisotopic (exact) mass is 216 g/mol. The minimum absolute atomic E-state index is 0.0746. The maximum atomic E-state index is 11.1. The van der Waals surface area contributed by atoms with Crippen LogP contribution in [0, 0.1) is 11.8 Å². The zero-order chi connectivity index (χ0) is 11.4. The highest BCUT2D eigenvalue weighted by atomic mass is 16.5. The van der Waals surface area contributed by atoms with E-state index in [9.17, 15) is 4.79 Å². The highest BCUT2D eigenvalue weighted by molar-refractivity contribution is 5.95. The van der Waals surface area contributed by atoms with Gasteiger partial charge in [0.15, 0.2) is 6.61 Å². The summed E-state index contributed by atoms with van der Waals surface area (Å²) in [5.41, 5.74) is 6.86. The number of hydrogen-bond acceptors (Lipinski definition) is 3. The van der Waals surface area contributed by atoms with Gasteiger partial charge >= 0.3 is 0 Å². The molecule has 1 amide bonds. The summed E-state index contributed by atoms with van der Waals surface area (Å²) in [5.74, 6) is 6.46.